The molecule has 8 heteroatoms. The number of phenols is 2. The number of carbonyl (C=O) groups excluding carboxylic acids is 1. The molecule has 36 heavy (non-hydrogen) atoms. The van der Waals surface area contributed by atoms with Crippen LogP contribution in [0.4, 0.5) is 0 Å². The van der Waals surface area contributed by atoms with Gasteiger partial charge in [-0.1, -0.05) is 30.3 Å². The second kappa shape index (κ2) is 8.96. The van der Waals surface area contributed by atoms with Gasteiger partial charge in [-0.3, -0.25) is 0 Å². The number of methoxy groups -OCH3 is 2. The molecule has 8 nitrogen and oxygen atoms in total. The van der Waals surface area contributed by atoms with Gasteiger partial charge in [0.25, 0.3) is 0 Å². The Morgan fingerprint density at radius 2 is 1.56 bits per heavy atom. The lowest BCUT2D eigenvalue weighted by atomic mass is 9.49. The molecule has 184 valence electrons. The van der Waals surface area contributed by atoms with E-state index in [4.69, 9.17) is 18.6 Å². The molecule has 0 amide bonds. The summed E-state index contributed by atoms with van der Waals surface area (Å²) in [6.07, 6.45) is 4.88. The fraction of sp³-hybridized carbons (Fsp3) is 0.214. The van der Waals surface area contributed by atoms with Gasteiger partial charge in [-0.05, 0) is 41.5 Å². The minimum absolute atomic E-state index is 0.110. The second-order valence-corrected chi connectivity index (χ2v) is 8.74. The molecule has 4 atom stereocenters. The Hall–Kier alpha value is -4.46. The molecule has 0 radical (unpaired) electrons. The number of benzene rings is 2. The van der Waals surface area contributed by atoms with E-state index in [2.05, 4.69) is 0 Å². The first-order valence-corrected chi connectivity index (χ1v) is 11.3. The number of carbonyl (C=O) groups is 1. The highest BCUT2D eigenvalue weighted by molar-refractivity contribution is 5.85. The minimum atomic E-state index is -1.25. The van der Waals surface area contributed by atoms with Gasteiger partial charge in [0.1, 0.15) is 28.8 Å². The fourth-order valence-corrected chi connectivity index (χ4v) is 5.23. The number of fused-ring (bicyclic) bond motifs is 1. The maximum Gasteiger partial charge on any atom is 0.339 e. The van der Waals surface area contributed by atoms with Crippen LogP contribution in [0.15, 0.2) is 87.8 Å². The van der Waals surface area contributed by atoms with E-state index in [-0.39, 0.29) is 23.2 Å². The third-order valence-corrected chi connectivity index (χ3v) is 6.78. The summed E-state index contributed by atoms with van der Waals surface area (Å²) in [6.45, 7) is 0. The average Bonchev–Trinajstić information content (AvgIpc) is 2.85. The highest BCUT2D eigenvalue weighted by Gasteiger charge is 2.68. The van der Waals surface area contributed by atoms with Gasteiger partial charge in [0.05, 0.1) is 38.2 Å². The Bertz CT molecular complexity index is 1400. The van der Waals surface area contributed by atoms with Crippen LogP contribution in [-0.2, 0) is 14.3 Å². The Labute approximate surface area is 206 Å². The van der Waals surface area contributed by atoms with Crippen molar-refractivity contribution in [2.24, 2.45) is 5.92 Å². The summed E-state index contributed by atoms with van der Waals surface area (Å²) in [5.41, 5.74) is -0.244. The SMILES string of the molecule is COC1=CC(=O)O[C@]2(/C=C/c3ccc(O)cc3)[C@H]1[C@@H](c1ccc(O)cc1)[C@H]2c1cc(OC)cc(=O)o1. The molecule has 0 bridgehead atoms. The zero-order valence-electron chi connectivity index (χ0n) is 19.6. The van der Waals surface area contributed by atoms with Gasteiger partial charge < -0.3 is 28.8 Å². The van der Waals surface area contributed by atoms with Crippen LogP contribution in [0.25, 0.3) is 6.08 Å². The monoisotopic (exact) mass is 488 g/mol. The van der Waals surface area contributed by atoms with Gasteiger partial charge in [-0.15, -0.1) is 0 Å². The van der Waals surface area contributed by atoms with Gasteiger partial charge in [0.15, 0.2) is 5.60 Å². The molecule has 2 aromatic carbocycles. The topological polar surface area (TPSA) is 115 Å². The summed E-state index contributed by atoms with van der Waals surface area (Å²) < 4.78 is 22.6. The number of rotatable bonds is 6. The molecule has 1 aliphatic carbocycles. The van der Waals surface area contributed by atoms with Crippen molar-refractivity contribution in [3.05, 3.63) is 106 Å². The first kappa shape index (κ1) is 23.3. The van der Waals surface area contributed by atoms with Crippen LogP contribution in [0.2, 0.25) is 0 Å². The van der Waals surface area contributed by atoms with E-state index in [9.17, 15) is 19.8 Å². The predicted octanol–water partition coefficient (Wildman–Crippen LogP) is 4.10. The molecule has 2 heterocycles. The summed E-state index contributed by atoms with van der Waals surface area (Å²) in [5.74, 6) is -0.706. The molecule has 1 aliphatic heterocycles. The molecular weight excluding hydrogens is 464 g/mol. The maximum atomic E-state index is 12.7. The van der Waals surface area contributed by atoms with Crippen molar-refractivity contribution in [1.82, 2.24) is 0 Å². The highest BCUT2D eigenvalue weighted by atomic mass is 16.6. The van der Waals surface area contributed by atoms with E-state index in [0.717, 1.165) is 11.1 Å². The molecule has 0 saturated heterocycles. The average molecular weight is 488 g/mol. The molecule has 2 aliphatic rings. The highest BCUT2D eigenvalue weighted by Crippen LogP contribution is 2.66. The number of hydrogen-bond donors (Lipinski definition) is 2. The number of phenolic OH excluding ortho intramolecular Hbond substituents is 2. The van der Waals surface area contributed by atoms with E-state index >= 15 is 0 Å². The predicted molar refractivity (Wildman–Crippen MR) is 130 cm³/mol. The zero-order valence-corrected chi connectivity index (χ0v) is 19.6. The normalized spacial score (nSPS) is 24.9. The van der Waals surface area contributed by atoms with Crippen LogP contribution in [0.1, 0.15) is 28.7 Å². The quantitative estimate of drug-likeness (QED) is 0.499. The third-order valence-electron chi connectivity index (χ3n) is 6.78. The summed E-state index contributed by atoms with van der Waals surface area (Å²) in [4.78, 5) is 25.1. The van der Waals surface area contributed by atoms with E-state index in [1.807, 2.05) is 0 Å². The van der Waals surface area contributed by atoms with E-state index in [1.54, 1.807) is 66.7 Å². The largest absolute Gasteiger partial charge is 0.508 e. The third kappa shape index (κ3) is 3.90. The summed E-state index contributed by atoms with van der Waals surface area (Å²) >= 11 is 0. The minimum Gasteiger partial charge on any atom is -0.508 e. The van der Waals surface area contributed by atoms with Crippen molar-refractivity contribution in [2.75, 3.05) is 14.2 Å². The number of hydrogen-bond acceptors (Lipinski definition) is 8. The number of aromatic hydroxyl groups is 2. The van der Waals surface area contributed by atoms with Crippen LogP contribution in [-0.4, -0.2) is 36.0 Å². The van der Waals surface area contributed by atoms with Crippen molar-refractivity contribution in [3.8, 4) is 17.2 Å². The standard InChI is InChI=1S/C28H24O8/c1-33-20-13-22(35-23(31)14-20)27-25(17-5-9-19(30)10-6-17)26-21(34-2)15-24(32)36-28(26,27)12-11-16-3-7-18(29)8-4-16/h3-15,25-27,29-30H,1-2H3/b12-11+/t25-,26-,27-,28-/m1/s1. The lowest BCUT2D eigenvalue weighted by molar-refractivity contribution is -0.182. The van der Waals surface area contributed by atoms with Gasteiger partial charge in [0, 0.05) is 12.0 Å². The Morgan fingerprint density at radius 1 is 0.889 bits per heavy atom. The molecule has 3 aromatic rings. The van der Waals surface area contributed by atoms with Crippen molar-refractivity contribution < 1.29 is 33.6 Å². The summed E-state index contributed by atoms with van der Waals surface area (Å²) in [6, 6.07) is 16.1. The summed E-state index contributed by atoms with van der Waals surface area (Å²) in [5, 5.41) is 19.5. The van der Waals surface area contributed by atoms with Crippen LogP contribution in [0.3, 0.4) is 0 Å². The molecule has 0 unspecified atom stereocenters. The van der Waals surface area contributed by atoms with Gasteiger partial charge in [0.2, 0.25) is 0 Å². The van der Waals surface area contributed by atoms with Gasteiger partial charge >= 0.3 is 11.6 Å². The van der Waals surface area contributed by atoms with Crippen molar-refractivity contribution in [3.63, 3.8) is 0 Å². The molecule has 5 rings (SSSR count). The molecule has 1 fully saturated rings. The Balaban J connectivity index is 1.71. The molecule has 1 aromatic heterocycles. The van der Waals surface area contributed by atoms with Gasteiger partial charge in [-0.25, -0.2) is 9.59 Å². The second-order valence-electron chi connectivity index (χ2n) is 8.74. The van der Waals surface area contributed by atoms with Crippen LogP contribution in [0, 0.1) is 5.92 Å². The lowest BCUT2D eigenvalue weighted by Gasteiger charge is -2.59. The Morgan fingerprint density at radius 3 is 2.19 bits per heavy atom. The molecule has 1 saturated carbocycles. The van der Waals surface area contributed by atoms with Crippen LogP contribution < -0.4 is 10.4 Å². The summed E-state index contributed by atoms with van der Waals surface area (Å²) in [7, 11) is 2.94. The van der Waals surface area contributed by atoms with Crippen LogP contribution in [0.5, 0.6) is 17.2 Å². The van der Waals surface area contributed by atoms with E-state index < -0.39 is 29.0 Å². The first-order valence-electron chi connectivity index (χ1n) is 11.3. The number of ether oxygens (including phenoxy) is 3. The van der Waals surface area contributed by atoms with Crippen molar-refractivity contribution in [2.45, 2.75) is 17.4 Å². The number of esters is 1. The Kier molecular flexibility index (Phi) is 5.80. The zero-order chi connectivity index (χ0) is 25.4. The molecule has 2 N–H and O–H groups in total. The smallest absolute Gasteiger partial charge is 0.339 e. The lowest BCUT2D eigenvalue weighted by Crippen LogP contribution is -2.63. The molecule has 0 spiro atoms. The maximum absolute atomic E-state index is 12.7. The fourth-order valence-electron chi connectivity index (χ4n) is 5.23. The van der Waals surface area contributed by atoms with E-state index in [1.165, 1.54) is 26.4 Å². The van der Waals surface area contributed by atoms with Crippen molar-refractivity contribution >= 4 is 12.0 Å². The van der Waals surface area contributed by atoms with Crippen LogP contribution >= 0.6 is 0 Å². The first-order chi connectivity index (χ1) is 17.3. The van der Waals surface area contributed by atoms with E-state index in [0.29, 0.717) is 11.5 Å². The molecular formula is C28H24O8. The van der Waals surface area contributed by atoms with Crippen molar-refractivity contribution in [1.29, 1.82) is 0 Å². The van der Waals surface area contributed by atoms with Gasteiger partial charge in [-0.2, -0.15) is 0 Å².